The standard InChI is InChI=1S/C23H28FN3O3.ClH/c1-2-19(26-11-4-3-5-12-26)27-22(28)17-8-6-7-16(20(17)23(27)29)21-15-10-9-14(24)13-18(15)30-25-21;/h9-10,13,16-17,19-20H,2-8,11-12H2,1H3;1H. The van der Waals surface area contributed by atoms with Crippen LogP contribution >= 0.6 is 12.4 Å². The molecule has 2 amide bonds. The Kier molecular flexibility index (Phi) is 6.35. The van der Waals surface area contributed by atoms with Crippen LogP contribution in [0.15, 0.2) is 22.7 Å². The molecule has 1 saturated carbocycles. The molecule has 1 aliphatic carbocycles. The molecule has 6 nitrogen and oxygen atoms in total. The number of piperidine rings is 1. The number of carbonyl (C=O) groups is 2. The van der Waals surface area contributed by atoms with Crippen molar-refractivity contribution in [3.8, 4) is 0 Å². The summed E-state index contributed by atoms with van der Waals surface area (Å²) < 4.78 is 19.0. The highest BCUT2D eigenvalue weighted by Crippen LogP contribution is 2.48. The fourth-order valence-electron chi connectivity index (χ4n) is 5.89. The van der Waals surface area contributed by atoms with Crippen LogP contribution in [0.4, 0.5) is 4.39 Å². The second-order valence-corrected chi connectivity index (χ2v) is 8.91. The lowest BCUT2D eigenvalue weighted by Crippen LogP contribution is -2.52. The largest absolute Gasteiger partial charge is 0.356 e. The molecule has 3 heterocycles. The molecule has 4 atom stereocenters. The van der Waals surface area contributed by atoms with Gasteiger partial charge in [-0.05, 0) is 44.2 Å². The van der Waals surface area contributed by atoms with Gasteiger partial charge in [-0.2, -0.15) is 0 Å². The van der Waals surface area contributed by atoms with E-state index >= 15 is 0 Å². The lowest BCUT2D eigenvalue weighted by Gasteiger charge is -2.38. The van der Waals surface area contributed by atoms with Crippen LogP contribution in [0.25, 0.3) is 11.0 Å². The van der Waals surface area contributed by atoms with Gasteiger partial charge in [0.15, 0.2) is 5.58 Å². The summed E-state index contributed by atoms with van der Waals surface area (Å²) in [6.07, 6.45) is 6.42. The van der Waals surface area contributed by atoms with Crippen LogP contribution in [0, 0.1) is 17.7 Å². The van der Waals surface area contributed by atoms with Gasteiger partial charge in [-0.15, -0.1) is 12.4 Å². The Balaban J connectivity index is 0.00000231. The first-order valence-electron chi connectivity index (χ1n) is 11.3. The van der Waals surface area contributed by atoms with E-state index in [1.807, 2.05) is 0 Å². The summed E-state index contributed by atoms with van der Waals surface area (Å²) in [4.78, 5) is 30.9. The Morgan fingerprint density at radius 2 is 1.84 bits per heavy atom. The molecule has 4 unspecified atom stereocenters. The number of amides is 2. The number of fused-ring (bicyclic) bond motifs is 2. The Bertz CT molecular complexity index is 974. The van der Waals surface area contributed by atoms with E-state index in [0.29, 0.717) is 11.3 Å². The van der Waals surface area contributed by atoms with Gasteiger partial charge in [0.05, 0.1) is 23.7 Å². The second kappa shape index (κ2) is 8.87. The number of aromatic nitrogens is 1. The maximum absolute atomic E-state index is 13.6. The molecule has 8 heteroatoms. The van der Waals surface area contributed by atoms with Crippen molar-refractivity contribution < 1.29 is 18.5 Å². The van der Waals surface area contributed by atoms with Crippen molar-refractivity contribution in [3.63, 3.8) is 0 Å². The number of imide groups is 1. The van der Waals surface area contributed by atoms with Gasteiger partial charge in [0.2, 0.25) is 11.8 Å². The zero-order chi connectivity index (χ0) is 20.8. The lowest BCUT2D eigenvalue weighted by atomic mass is 9.71. The number of hydrogen-bond acceptors (Lipinski definition) is 5. The maximum atomic E-state index is 13.6. The van der Waals surface area contributed by atoms with Gasteiger partial charge in [-0.3, -0.25) is 19.4 Å². The smallest absolute Gasteiger partial charge is 0.235 e. The molecule has 1 aromatic carbocycles. The first-order valence-corrected chi connectivity index (χ1v) is 11.3. The van der Waals surface area contributed by atoms with Gasteiger partial charge >= 0.3 is 0 Å². The molecule has 168 valence electrons. The van der Waals surface area contributed by atoms with Gasteiger partial charge < -0.3 is 4.52 Å². The highest BCUT2D eigenvalue weighted by molar-refractivity contribution is 6.06. The second-order valence-electron chi connectivity index (χ2n) is 8.91. The number of benzene rings is 1. The average Bonchev–Trinajstić information content (AvgIpc) is 3.29. The minimum atomic E-state index is -0.400. The topological polar surface area (TPSA) is 66.7 Å². The molecule has 31 heavy (non-hydrogen) atoms. The van der Waals surface area contributed by atoms with Crippen molar-refractivity contribution in [2.24, 2.45) is 11.8 Å². The van der Waals surface area contributed by atoms with Gasteiger partial charge in [0.1, 0.15) is 5.82 Å². The van der Waals surface area contributed by atoms with Gasteiger partial charge in [-0.1, -0.05) is 24.9 Å². The van der Waals surface area contributed by atoms with E-state index in [1.165, 1.54) is 18.6 Å². The van der Waals surface area contributed by atoms with Gasteiger partial charge in [0.25, 0.3) is 0 Å². The lowest BCUT2D eigenvalue weighted by molar-refractivity contribution is -0.148. The number of likely N-dealkylation sites (tertiary alicyclic amines) is 2. The number of nitrogens with zero attached hydrogens (tertiary/aromatic N) is 3. The quantitative estimate of drug-likeness (QED) is 0.644. The molecule has 0 bridgehead atoms. The summed E-state index contributed by atoms with van der Waals surface area (Å²) in [7, 11) is 0. The fraction of sp³-hybridized carbons (Fsp3) is 0.609. The number of hydrogen-bond donors (Lipinski definition) is 0. The first-order chi connectivity index (χ1) is 14.6. The van der Waals surface area contributed by atoms with Crippen LogP contribution in [0.3, 0.4) is 0 Å². The summed E-state index contributed by atoms with van der Waals surface area (Å²) in [6.45, 7) is 3.93. The maximum Gasteiger partial charge on any atom is 0.235 e. The molecule has 2 saturated heterocycles. The van der Waals surface area contributed by atoms with E-state index in [9.17, 15) is 14.0 Å². The molecule has 3 aliphatic rings. The van der Waals surface area contributed by atoms with Gasteiger partial charge in [-0.25, -0.2) is 4.39 Å². The number of halogens is 2. The van der Waals surface area contributed by atoms with Gasteiger partial charge in [0, 0.05) is 30.5 Å². The van der Waals surface area contributed by atoms with E-state index < -0.39 is 5.92 Å². The summed E-state index contributed by atoms with van der Waals surface area (Å²) in [5.74, 6) is -1.32. The van der Waals surface area contributed by atoms with E-state index in [-0.39, 0.29) is 48.0 Å². The predicted molar refractivity (Wildman–Crippen MR) is 116 cm³/mol. The van der Waals surface area contributed by atoms with Crippen molar-refractivity contribution in [3.05, 3.63) is 29.7 Å². The van der Waals surface area contributed by atoms with Crippen LogP contribution < -0.4 is 0 Å². The predicted octanol–water partition coefficient (Wildman–Crippen LogP) is 4.48. The minimum Gasteiger partial charge on any atom is -0.356 e. The third kappa shape index (κ3) is 3.65. The minimum absolute atomic E-state index is 0. The Morgan fingerprint density at radius 1 is 1.10 bits per heavy atom. The summed E-state index contributed by atoms with van der Waals surface area (Å²) in [5.41, 5.74) is 1.08. The van der Waals surface area contributed by atoms with Crippen molar-refractivity contribution in [1.82, 2.24) is 15.0 Å². The summed E-state index contributed by atoms with van der Waals surface area (Å²) >= 11 is 0. The highest BCUT2D eigenvalue weighted by Gasteiger charge is 2.55. The molecule has 3 fully saturated rings. The first kappa shape index (κ1) is 22.2. The van der Waals surface area contributed by atoms with Crippen LogP contribution in [-0.2, 0) is 9.59 Å². The van der Waals surface area contributed by atoms with E-state index in [1.54, 1.807) is 11.0 Å². The Labute approximate surface area is 187 Å². The van der Waals surface area contributed by atoms with Crippen LogP contribution in [0.5, 0.6) is 0 Å². The third-order valence-electron chi connectivity index (χ3n) is 7.26. The highest BCUT2D eigenvalue weighted by atomic mass is 35.5. The summed E-state index contributed by atoms with van der Waals surface area (Å²) in [5, 5.41) is 4.97. The molecular formula is C23H29ClFN3O3. The Morgan fingerprint density at radius 3 is 2.58 bits per heavy atom. The van der Waals surface area contributed by atoms with Crippen LogP contribution in [-0.4, -0.2) is 46.0 Å². The number of rotatable bonds is 4. The zero-order valence-electron chi connectivity index (χ0n) is 17.8. The number of carbonyl (C=O) groups excluding carboxylic acids is 2. The third-order valence-corrected chi connectivity index (χ3v) is 7.26. The average molecular weight is 450 g/mol. The normalized spacial score (nSPS) is 27.9. The van der Waals surface area contributed by atoms with Crippen molar-refractivity contribution in [2.45, 2.75) is 64.0 Å². The molecule has 0 N–H and O–H groups in total. The Hall–Kier alpha value is -1.99. The molecular weight excluding hydrogens is 421 g/mol. The van der Waals surface area contributed by atoms with Crippen molar-refractivity contribution in [1.29, 1.82) is 0 Å². The molecule has 0 spiro atoms. The molecule has 2 aliphatic heterocycles. The van der Waals surface area contributed by atoms with Crippen LogP contribution in [0.2, 0.25) is 0 Å². The van der Waals surface area contributed by atoms with Crippen LogP contribution in [0.1, 0.15) is 63.5 Å². The summed E-state index contributed by atoms with van der Waals surface area (Å²) in [6, 6.07) is 4.38. The fourth-order valence-corrected chi connectivity index (χ4v) is 5.89. The SMILES string of the molecule is CCC(N1CCCCC1)N1C(=O)C2CCCC(c3noc4cc(F)ccc34)C2C1=O.Cl. The van der Waals surface area contributed by atoms with E-state index in [0.717, 1.165) is 57.0 Å². The van der Waals surface area contributed by atoms with E-state index in [4.69, 9.17) is 4.52 Å². The molecule has 0 radical (unpaired) electrons. The molecule has 1 aromatic heterocycles. The van der Waals surface area contributed by atoms with E-state index in [2.05, 4.69) is 17.0 Å². The molecule has 5 rings (SSSR count). The molecule has 2 aromatic rings. The van der Waals surface area contributed by atoms with Crippen molar-refractivity contribution >= 4 is 35.2 Å². The monoisotopic (exact) mass is 449 g/mol. The van der Waals surface area contributed by atoms with Crippen molar-refractivity contribution in [2.75, 3.05) is 13.1 Å². The zero-order valence-corrected chi connectivity index (χ0v) is 18.6.